The normalized spacial score (nSPS) is 44.0. The molecule has 4 aliphatic rings. The maximum atomic E-state index is 12.4. The number of hydrogen-bond acceptors (Lipinski definition) is 2. The van der Waals surface area contributed by atoms with Crippen molar-refractivity contribution in [1.29, 1.82) is 0 Å². The van der Waals surface area contributed by atoms with E-state index in [1.54, 1.807) is 0 Å². The zero-order valence-electron chi connectivity index (χ0n) is 15.3. The highest BCUT2D eigenvalue weighted by Crippen LogP contribution is 2.69. The van der Waals surface area contributed by atoms with Crippen molar-refractivity contribution in [3.63, 3.8) is 0 Å². The molecule has 0 N–H and O–H groups in total. The average Bonchev–Trinajstić information content (AvgIpc) is 3.14. The average molecular weight is 316 g/mol. The lowest BCUT2D eigenvalue weighted by molar-refractivity contribution is -0.158. The van der Waals surface area contributed by atoms with Crippen molar-refractivity contribution in [2.24, 2.45) is 46.8 Å². The molecule has 4 bridgehead atoms. The summed E-state index contributed by atoms with van der Waals surface area (Å²) in [6, 6.07) is 0. The van der Waals surface area contributed by atoms with Gasteiger partial charge in [-0.05, 0) is 86.9 Å². The molecule has 7 unspecified atom stereocenters. The smallest absolute Gasteiger partial charge is 0.306 e. The van der Waals surface area contributed by atoms with Crippen molar-refractivity contribution in [3.05, 3.63) is 12.2 Å². The van der Waals surface area contributed by atoms with Gasteiger partial charge in [0.25, 0.3) is 0 Å². The Hall–Kier alpha value is -0.790. The van der Waals surface area contributed by atoms with Crippen LogP contribution in [-0.4, -0.2) is 11.6 Å². The molecule has 0 aliphatic heterocycles. The molecular weight excluding hydrogens is 284 g/mol. The van der Waals surface area contributed by atoms with E-state index in [4.69, 9.17) is 4.74 Å². The molecule has 3 saturated carbocycles. The van der Waals surface area contributed by atoms with Gasteiger partial charge in [-0.15, -0.1) is 0 Å². The third kappa shape index (κ3) is 2.48. The molecule has 0 radical (unpaired) electrons. The van der Waals surface area contributed by atoms with Crippen LogP contribution in [0.4, 0.5) is 0 Å². The molecule has 3 fully saturated rings. The van der Waals surface area contributed by atoms with E-state index in [9.17, 15) is 4.79 Å². The molecule has 0 amide bonds. The van der Waals surface area contributed by atoms with Crippen molar-refractivity contribution in [1.82, 2.24) is 0 Å². The van der Waals surface area contributed by atoms with Crippen LogP contribution < -0.4 is 0 Å². The van der Waals surface area contributed by atoms with E-state index in [1.807, 2.05) is 20.8 Å². The molecule has 128 valence electrons. The summed E-state index contributed by atoms with van der Waals surface area (Å²) < 4.78 is 5.60. The van der Waals surface area contributed by atoms with Crippen LogP contribution in [0.15, 0.2) is 12.2 Å². The number of ether oxygens (including phenoxy) is 1. The molecule has 0 spiro atoms. The Labute approximate surface area is 141 Å². The van der Waals surface area contributed by atoms with Gasteiger partial charge in [-0.3, -0.25) is 4.79 Å². The van der Waals surface area contributed by atoms with Gasteiger partial charge >= 0.3 is 5.97 Å². The van der Waals surface area contributed by atoms with Crippen LogP contribution in [-0.2, 0) is 9.53 Å². The minimum absolute atomic E-state index is 0.0188. The molecule has 2 nitrogen and oxygen atoms in total. The van der Waals surface area contributed by atoms with Gasteiger partial charge in [0.15, 0.2) is 0 Å². The molecular formula is C21H32O2. The second-order valence-corrected chi connectivity index (χ2v) is 10.4. The van der Waals surface area contributed by atoms with Gasteiger partial charge in [-0.2, -0.15) is 0 Å². The number of rotatable bonds is 3. The molecule has 4 rings (SSSR count). The maximum Gasteiger partial charge on any atom is 0.306 e. The van der Waals surface area contributed by atoms with Gasteiger partial charge in [-0.1, -0.05) is 26.0 Å². The third-order valence-corrected chi connectivity index (χ3v) is 7.29. The minimum atomic E-state index is -0.373. The number of carbonyl (C=O) groups is 1. The summed E-state index contributed by atoms with van der Waals surface area (Å²) in [5.74, 6) is 6.09. The second kappa shape index (κ2) is 4.86. The number of hydrogen-bond donors (Lipinski definition) is 0. The lowest BCUT2D eigenvalue weighted by atomic mass is 9.61. The first-order valence-electron chi connectivity index (χ1n) is 9.56. The van der Waals surface area contributed by atoms with E-state index in [2.05, 4.69) is 26.0 Å². The highest BCUT2D eigenvalue weighted by molar-refractivity contribution is 5.70. The first kappa shape index (κ1) is 15.7. The summed E-state index contributed by atoms with van der Waals surface area (Å²) in [6.45, 7) is 10.5. The molecule has 23 heavy (non-hydrogen) atoms. The molecule has 0 heterocycles. The lowest BCUT2D eigenvalue weighted by Crippen LogP contribution is -2.39. The Balaban J connectivity index is 1.47. The monoisotopic (exact) mass is 316 g/mol. The molecule has 0 aromatic carbocycles. The van der Waals surface area contributed by atoms with Gasteiger partial charge in [0.2, 0.25) is 0 Å². The quantitative estimate of drug-likeness (QED) is 0.423. The van der Waals surface area contributed by atoms with Gasteiger partial charge < -0.3 is 4.74 Å². The van der Waals surface area contributed by atoms with Gasteiger partial charge in [0.1, 0.15) is 5.60 Å². The SMILES string of the molecule is CC(C)(C)OC(=O)CC(C)(C)C1CC2CC1C1C3C=CC(C3)C21. The molecule has 7 atom stereocenters. The van der Waals surface area contributed by atoms with Gasteiger partial charge in [0, 0.05) is 0 Å². The minimum Gasteiger partial charge on any atom is -0.460 e. The van der Waals surface area contributed by atoms with E-state index >= 15 is 0 Å². The first-order chi connectivity index (χ1) is 10.7. The van der Waals surface area contributed by atoms with Crippen LogP contribution in [0.1, 0.15) is 60.3 Å². The maximum absolute atomic E-state index is 12.4. The topological polar surface area (TPSA) is 26.3 Å². The van der Waals surface area contributed by atoms with Crippen LogP contribution in [0.5, 0.6) is 0 Å². The number of fused-ring (bicyclic) bond motifs is 9. The molecule has 4 aliphatic carbocycles. The van der Waals surface area contributed by atoms with Crippen molar-refractivity contribution in [2.75, 3.05) is 0 Å². The summed E-state index contributed by atoms with van der Waals surface area (Å²) in [6.07, 6.45) is 9.77. The third-order valence-electron chi connectivity index (χ3n) is 7.29. The van der Waals surface area contributed by atoms with Crippen LogP contribution in [0.25, 0.3) is 0 Å². The zero-order valence-corrected chi connectivity index (χ0v) is 15.3. The number of allylic oxidation sites excluding steroid dienone is 2. The fourth-order valence-corrected chi connectivity index (χ4v) is 6.80. The van der Waals surface area contributed by atoms with E-state index < -0.39 is 0 Å². The fraction of sp³-hybridized carbons (Fsp3) is 0.857. The standard InChI is InChI=1S/C21H32O2/c1-20(2,3)23-17(22)11-21(4,5)16-10-14-9-15(16)19-13-7-6-12(8-13)18(14)19/h6-7,12-16,18-19H,8-11H2,1-5H3. The van der Waals surface area contributed by atoms with Gasteiger partial charge in [-0.25, -0.2) is 0 Å². The van der Waals surface area contributed by atoms with Crippen LogP contribution in [0.3, 0.4) is 0 Å². The molecule has 0 saturated heterocycles. The Kier molecular flexibility index (Phi) is 3.32. The summed E-state index contributed by atoms with van der Waals surface area (Å²) in [5.41, 5.74) is -0.305. The highest BCUT2D eigenvalue weighted by atomic mass is 16.6. The van der Waals surface area contributed by atoms with Crippen molar-refractivity contribution < 1.29 is 9.53 Å². The fourth-order valence-electron chi connectivity index (χ4n) is 6.80. The van der Waals surface area contributed by atoms with E-state index in [0.29, 0.717) is 12.3 Å². The largest absolute Gasteiger partial charge is 0.460 e. The van der Waals surface area contributed by atoms with Crippen molar-refractivity contribution in [2.45, 2.75) is 65.9 Å². The lowest BCUT2D eigenvalue weighted by Gasteiger charge is -2.43. The predicted octanol–water partition coefficient (Wildman–Crippen LogP) is 4.84. The summed E-state index contributed by atoms with van der Waals surface area (Å²) >= 11 is 0. The van der Waals surface area contributed by atoms with Crippen molar-refractivity contribution >= 4 is 5.97 Å². The van der Waals surface area contributed by atoms with Crippen LogP contribution >= 0.6 is 0 Å². The summed E-state index contributed by atoms with van der Waals surface area (Å²) in [7, 11) is 0. The summed E-state index contributed by atoms with van der Waals surface area (Å²) in [5, 5.41) is 0. The predicted molar refractivity (Wildman–Crippen MR) is 91.7 cm³/mol. The Bertz CT molecular complexity index is 539. The van der Waals surface area contributed by atoms with Crippen molar-refractivity contribution in [3.8, 4) is 0 Å². The molecule has 2 heteroatoms. The first-order valence-corrected chi connectivity index (χ1v) is 9.56. The Morgan fingerprint density at radius 1 is 1.00 bits per heavy atom. The van der Waals surface area contributed by atoms with E-state index in [-0.39, 0.29) is 17.0 Å². The number of carbonyl (C=O) groups excluding carboxylic acids is 1. The number of esters is 1. The Morgan fingerprint density at radius 2 is 1.65 bits per heavy atom. The second-order valence-electron chi connectivity index (χ2n) is 10.4. The molecule has 0 aromatic rings. The van der Waals surface area contributed by atoms with E-state index in [1.165, 1.54) is 19.3 Å². The van der Waals surface area contributed by atoms with Crippen LogP contribution in [0, 0.1) is 46.8 Å². The Morgan fingerprint density at radius 3 is 2.30 bits per heavy atom. The highest BCUT2D eigenvalue weighted by Gasteiger charge is 2.62. The summed E-state index contributed by atoms with van der Waals surface area (Å²) in [4.78, 5) is 12.4. The van der Waals surface area contributed by atoms with Gasteiger partial charge in [0.05, 0.1) is 6.42 Å². The zero-order chi connectivity index (χ0) is 16.6. The van der Waals surface area contributed by atoms with Crippen LogP contribution in [0.2, 0.25) is 0 Å². The van der Waals surface area contributed by atoms with E-state index in [0.717, 1.165) is 35.5 Å². The molecule has 0 aromatic heterocycles.